The molecule has 1 rings (SSSR count). The van der Waals surface area contributed by atoms with Gasteiger partial charge in [-0.15, -0.1) is 0 Å². The van der Waals surface area contributed by atoms with Crippen LogP contribution in [-0.4, -0.2) is 18.6 Å². The zero-order valence-electron chi connectivity index (χ0n) is 10.6. The van der Waals surface area contributed by atoms with Crippen LogP contribution in [0.5, 0.6) is 0 Å². The third kappa shape index (κ3) is 4.99. The molecular weight excluding hydrogens is 222 g/mol. The second-order valence-corrected chi connectivity index (χ2v) is 4.82. The molecule has 1 nitrogen and oxygen atoms in total. The molecule has 0 N–H and O–H groups in total. The minimum Gasteiger partial charge on any atom is -0.374 e. The summed E-state index contributed by atoms with van der Waals surface area (Å²) < 4.78 is 31.4. The van der Waals surface area contributed by atoms with Gasteiger partial charge < -0.3 is 4.74 Å². The summed E-state index contributed by atoms with van der Waals surface area (Å²) in [4.78, 5) is 0. The third-order valence-electron chi connectivity index (χ3n) is 3.21. The van der Waals surface area contributed by atoms with Crippen molar-refractivity contribution in [3.05, 3.63) is 24.3 Å². The molecule has 0 atom stereocenters. The largest absolute Gasteiger partial charge is 0.374 e. The van der Waals surface area contributed by atoms with Gasteiger partial charge in [-0.3, -0.25) is 0 Å². The topological polar surface area (TPSA) is 9.23 Å². The molecule has 0 spiro atoms. The summed E-state index contributed by atoms with van der Waals surface area (Å²) in [5.41, 5.74) is 1.90. The van der Waals surface area contributed by atoms with E-state index in [1.807, 2.05) is 0 Å². The fraction of sp³-hybridized carbons (Fsp3) is 0.714. The van der Waals surface area contributed by atoms with Crippen LogP contribution in [0.2, 0.25) is 0 Å². The van der Waals surface area contributed by atoms with Gasteiger partial charge in [-0.1, -0.05) is 32.1 Å². The van der Waals surface area contributed by atoms with Crippen molar-refractivity contribution in [1.82, 2.24) is 0 Å². The van der Waals surface area contributed by atoms with Crippen LogP contribution in [0.15, 0.2) is 24.3 Å². The van der Waals surface area contributed by atoms with Gasteiger partial charge in [0.05, 0.1) is 12.7 Å². The zero-order chi connectivity index (χ0) is 12.9. The van der Waals surface area contributed by atoms with Crippen LogP contribution in [0, 0.1) is 0 Å². The van der Waals surface area contributed by atoms with Gasteiger partial charge in [-0.25, -0.2) is 8.78 Å². The lowest BCUT2D eigenvalue weighted by Crippen LogP contribution is -2.29. The van der Waals surface area contributed by atoms with Gasteiger partial charge in [0.25, 0.3) is 0 Å². The molecular formula is C14H22F2O. The molecule has 0 aromatic rings. The van der Waals surface area contributed by atoms with Crippen LogP contribution in [0.4, 0.5) is 8.78 Å². The van der Waals surface area contributed by atoms with E-state index >= 15 is 0 Å². The van der Waals surface area contributed by atoms with Gasteiger partial charge in [-0.05, 0) is 24.8 Å². The average molecular weight is 244 g/mol. The Hall–Kier alpha value is -0.700. The van der Waals surface area contributed by atoms with Crippen molar-refractivity contribution in [2.24, 2.45) is 0 Å². The van der Waals surface area contributed by atoms with Gasteiger partial charge in [-0.2, -0.15) is 0 Å². The molecule has 0 bridgehead atoms. The number of hydrogen-bond acceptors (Lipinski definition) is 1. The second kappa shape index (κ2) is 6.29. The predicted octanol–water partition coefficient (Wildman–Crippen LogP) is 4.49. The summed E-state index contributed by atoms with van der Waals surface area (Å²) in [6.45, 7) is 10.4. The average Bonchev–Trinajstić information content (AvgIpc) is 2.27. The predicted molar refractivity (Wildman–Crippen MR) is 66.3 cm³/mol. The van der Waals surface area contributed by atoms with Crippen molar-refractivity contribution in [2.75, 3.05) is 6.61 Å². The van der Waals surface area contributed by atoms with Gasteiger partial charge in [0.2, 0.25) is 5.92 Å². The van der Waals surface area contributed by atoms with Crippen LogP contribution in [-0.2, 0) is 4.74 Å². The minimum atomic E-state index is -2.48. The summed E-state index contributed by atoms with van der Waals surface area (Å²) in [5, 5.41) is 0. The monoisotopic (exact) mass is 244 g/mol. The molecule has 0 aliphatic heterocycles. The molecule has 0 saturated heterocycles. The lowest BCUT2D eigenvalue weighted by atomic mass is 9.94. The summed E-state index contributed by atoms with van der Waals surface area (Å²) in [7, 11) is 0. The molecule has 1 aliphatic rings. The molecule has 1 saturated carbocycles. The van der Waals surface area contributed by atoms with Crippen molar-refractivity contribution >= 4 is 0 Å². The summed E-state index contributed by atoms with van der Waals surface area (Å²) in [6.07, 6.45) is 2.69. The SMILES string of the molecule is C=C(CCC)C(=C)COC1CCC(F)(F)CC1. The van der Waals surface area contributed by atoms with E-state index in [2.05, 4.69) is 20.1 Å². The van der Waals surface area contributed by atoms with Crippen LogP contribution in [0.25, 0.3) is 0 Å². The van der Waals surface area contributed by atoms with Gasteiger partial charge in [0, 0.05) is 12.8 Å². The van der Waals surface area contributed by atoms with Crippen molar-refractivity contribution < 1.29 is 13.5 Å². The third-order valence-corrected chi connectivity index (χ3v) is 3.21. The lowest BCUT2D eigenvalue weighted by Gasteiger charge is -2.28. The van der Waals surface area contributed by atoms with E-state index in [1.165, 1.54) is 0 Å². The van der Waals surface area contributed by atoms with Gasteiger partial charge in [0.15, 0.2) is 0 Å². The molecule has 0 heterocycles. The maximum atomic E-state index is 12.9. The van der Waals surface area contributed by atoms with E-state index < -0.39 is 5.92 Å². The number of hydrogen-bond donors (Lipinski definition) is 0. The highest BCUT2D eigenvalue weighted by Crippen LogP contribution is 2.34. The lowest BCUT2D eigenvalue weighted by molar-refractivity contribution is -0.0769. The maximum Gasteiger partial charge on any atom is 0.248 e. The van der Waals surface area contributed by atoms with Crippen LogP contribution < -0.4 is 0 Å². The van der Waals surface area contributed by atoms with Crippen molar-refractivity contribution in [3.63, 3.8) is 0 Å². The highest BCUT2D eigenvalue weighted by atomic mass is 19.3. The minimum absolute atomic E-state index is 0.0409. The Labute approximate surface area is 103 Å². The van der Waals surface area contributed by atoms with E-state index in [-0.39, 0.29) is 18.9 Å². The summed E-state index contributed by atoms with van der Waals surface area (Å²) >= 11 is 0. The Kier molecular flexibility index (Phi) is 5.31. The Morgan fingerprint density at radius 1 is 1.24 bits per heavy atom. The van der Waals surface area contributed by atoms with Crippen LogP contribution in [0.1, 0.15) is 45.4 Å². The second-order valence-electron chi connectivity index (χ2n) is 4.82. The van der Waals surface area contributed by atoms with Crippen LogP contribution >= 0.6 is 0 Å². The number of ether oxygens (including phenoxy) is 1. The molecule has 0 radical (unpaired) electrons. The van der Waals surface area contributed by atoms with Crippen LogP contribution in [0.3, 0.4) is 0 Å². The summed E-state index contributed by atoms with van der Waals surface area (Å²) in [5.74, 6) is -2.48. The first-order valence-electron chi connectivity index (χ1n) is 6.30. The fourth-order valence-corrected chi connectivity index (χ4v) is 1.98. The summed E-state index contributed by atoms with van der Waals surface area (Å²) in [6, 6.07) is 0. The molecule has 0 aromatic carbocycles. The Morgan fingerprint density at radius 2 is 1.82 bits per heavy atom. The molecule has 1 fully saturated rings. The maximum absolute atomic E-state index is 12.9. The molecule has 0 aromatic heterocycles. The number of halogens is 2. The van der Waals surface area contributed by atoms with Gasteiger partial charge in [0.1, 0.15) is 0 Å². The first-order valence-corrected chi connectivity index (χ1v) is 6.30. The smallest absolute Gasteiger partial charge is 0.248 e. The molecule has 17 heavy (non-hydrogen) atoms. The number of alkyl halides is 2. The van der Waals surface area contributed by atoms with E-state index in [4.69, 9.17) is 4.74 Å². The quantitative estimate of drug-likeness (QED) is 0.625. The van der Waals surface area contributed by atoms with Crippen molar-refractivity contribution in [2.45, 2.75) is 57.5 Å². The number of rotatable bonds is 6. The first-order chi connectivity index (χ1) is 7.94. The van der Waals surface area contributed by atoms with Crippen molar-refractivity contribution in [1.29, 1.82) is 0 Å². The molecule has 1 aliphatic carbocycles. The standard InChI is InChI=1S/C14H22F2O/c1-4-5-11(2)12(3)10-17-13-6-8-14(15,16)9-7-13/h13H,2-10H2,1H3. The molecule has 98 valence electrons. The van der Waals surface area contributed by atoms with Gasteiger partial charge >= 0.3 is 0 Å². The first kappa shape index (κ1) is 14.4. The highest BCUT2D eigenvalue weighted by Gasteiger charge is 2.35. The Balaban J connectivity index is 2.23. The van der Waals surface area contributed by atoms with E-state index in [9.17, 15) is 8.78 Å². The molecule has 3 heteroatoms. The highest BCUT2D eigenvalue weighted by molar-refractivity contribution is 5.25. The Morgan fingerprint density at radius 3 is 2.35 bits per heavy atom. The molecule has 0 amide bonds. The fourth-order valence-electron chi connectivity index (χ4n) is 1.98. The van der Waals surface area contributed by atoms with Crippen molar-refractivity contribution in [3.8, 4) is 0 Å². The van der Waals surface area contributed by atoms with E-state index in [0.29, 0.717) is 19.4 Å². The normalized spacial score (nSPS) is 20.2. The molecule has 0 unspecified atom stereocenters. The van der Waals surface area contributed by atoms with E-state index in [0.717, 1.165) is 24.0 Å². The van der Waals surface area contributed by atoms with E-state index in [1.54, 1.807) is 0 Å². The Bertz CT molecular complexity index is 274. The zero-order valence-corrected chi connectivity index (χ0v) is 10.6.